The Morgan fingerprint density at radius 2 is 1.85 bits per heavy atom. The quantitative estimate of drug-likeness (QED) is 0.794. The average molecular weight is 292 g/mol. The molecule has 0 spiro atoms. The number of rotatable bonds is 4. The second kappa shape index (κ2) is 7.00. The summed E-state index contributed by atoms with van der Waals surface area (Å²) in [7, 11) is 0. The van der Waals surface area contributed by atoms with E-state index in [1.807, 2.05) is 11.8 Å². The Morgan fingerprint density at radius 1 is 1.15 bits per heavy atom. The molecule has 0 amide bonds. The molecule has 1 saturated carbocycles. The van der Waals surface area contributed by atoms with Crippen LogP contribution in [0.3, 0.4) is 0 Å². The average Bonchev–Trinajstić information content (AvgIpc) is 2.41. The minimum Gasteiger partial charge on any atom is -0.327 e. The third kappa shape index (κ3) is 4.53. The largest absolute Gasteiger partial charge is 0.327 e. The van der Waals surface area contributed by atoms with Gasteiger partial charge in [-0.05, 0) is 60.8 Å². The SMILES string of the molecule is CC(C)(C)C1CCC(N)C(CCSc2ccccc2)C1. The Bertz CT molecular complexity index is 396. The fourth-order valence-electron chi connectivity index (χ4n) is 3.25. The molecule has 0 aliphatic heterocycles. The van der Waals surface area contributed by atoms with Crippen LogP contribution in [0.15, 0.2) is 35.2 Å². The van der Waals surface area contributed by atoms with Gasteiger partial charge in [0.25, 0.3) is 0 Å². The van der Waals surface area contributed by atoms with Gasteiger partial charge in [0, 0.05) is 10.9 Å². The minimum absolute atomic E-state index is 0.421. The van der Waals surface area contributed by atoms with Crippen LogP contribution < -0.4 is 5.73 Å². The molecule has 1 aliphatic rings. The van der Waals surface area contributed by atoms with E-state index in [0.29, 0.717) is 17.4 Å². The van der Waals surface area contributed by atoms with Crippen LogP contribution in [0.2, 0.25) is 0 Å². The van der Waals surface area contributed by atoms with E-state index in [2.05, 4.69) is 51.1 Å². The molecule has 0 saturated heterocycles. The molecule has 20 heavy (non-hydrogen) atoms. The van der Waals surface area contributed by atoms with Gasteiger partial charge in [-0.25, -0.2) is 0 Å². The van der Waals surface area contributed by atoms with E-state index < -0.39 is 0 Å². The third-order valence-corrected chi connectivity index (χ3v) is 5.81. The molecule has 2 rings (SSSR count). The predicted octanol–water partition coefficient (Wildman–Crippen LogP) is 4.96. The van der Waals surface area contributed by atoms with Crippen molar-refractivity contribution in [1.29, 1.82) is 0 Å². The number of nitrogens with two attached hydrogens (primary N) is 1. The van der Waals surface area contributed by atoms with E-state index in [9.17, 15) is 0 Å². The van der Waals surface area contributed by atoms with Gasteiger partial charge in [0.05, 0.1) is 0 Å². The molecule has 2 N–H and O–H groups in total. The number of hydrogen-bond donors (Lipinski definition) is 1. The van der Waals surface area contributed by atoms with Gasteiger partial charge >= 0.3 is 0 Å². The van der Waals surface area contributed by atoms with Crippen LogP contribution in [0.25, 0.3) is 0 Å². The van der Waals surface area contributed by atoms with Crippen molar-refractivity contribution in [1.82, 2.24) is 0 Å². The van der Waals surface area contributed by atoms with Crippen LogP contribution >= 0.6 is 11.8 Å². The fourth-order valence-corrected chi connectivity index (χ4v) is 4.26. The summed E-state index contributed by atoms with van der Waals surface area (Å²) in [5.41, 5.74) is 6.79. The summed E-state index contributed by atoms with van der Waals surface area (Å²) < 4.78 is 0. The summed E-state index contributed by atoms with van der Waals surface area (Å²) >= 11 is 1.97. The van der Waals surface area contributed by atoms with E-state index in [0.717, 1.165) is 5.92 Å². The van der Waals surface area contributed by atoms with Gasteiger partial charge < -0.3 is 5.73 Å². The molecule has 1 fully saturated rings. The summed E-state index contributed by atoms with van der Waals surface area (Å²) in [4.78, 5) is 1.38. The second-order valence-electron chi connectivity index (χ2n) is 7.25. The molecular weight excluding hydrogens is 262 g/mol. The maximum Gasteiger partial charge on any atom is 0.00719 e. The van der Waals surface area contributed by atoms with Crippen LogP contribution in [0.1, 0.15) is 46.5 Å². The Labute approximate surface area is 128 Å². The van der Waals surface area contributed by atoms with Crippen molar-refractivity contribution in [3.63, 3.8) is 0 Å². The van der Waals surface area contributed by atoms with Gasteiger partial charge in [-0.2, -0.15) is 0 Å². The van der Waals surface area contributed by atoms with Crippen molar-refractivity contribution < 1.29 is 0 Å². The van der Waals surface area contributed by atoms with Crippen LogP contribution in [0.4, 0.5) is 0 Å². The predicted molar refractivity (Wildman–Crippen MR) is 90.0 cm³/mol. The Balaban J connectivity index is 1.81. The molecule has 112 valence electrons. The smallest absolute Gasteiger partial charge is 0.00719 e. The van der Waals surface area contributed by atoms with Crippen molar-refractivity contribution in [3.05, 3.63) is 30.3 Å². The lowest BCUT2D eigenvalue weighted by Crippen LogP contribution is -2.39. The van der Waals surface area contributed by atoms with E-state index in [-0.39, 0.29) is 0 Å². The molecule has 0 radical (unpaired) electrons. The van der Waals surface area contributed by atoms with Crippen molar-refractivity contribution in [2.75, 3.05) is 5.75 Å². The number of thioether (sulfide) groups is 1. The van der Waals surface area contributed by atoms with Crippen LogP contribution in [0.5, 0.6) is 0 Å². The standard InChI is InChI=1S/C18H29NS/c1-18(2,3)15-9-10-17(19)14(13-15)11-12-20-16-7-5-4-6-8-16/h4-8,14-15,17H,9-13,19H2,1-3H3. The highest BCUT2D eigenvalue weighted by Gasteiger charge is 2.33. The van der Waals surface area contributed by atoms with Crippen molar-refractivity contribution in [2.24, 2.45) is 23.0 Å². The molecule has 1 aliphatic carbocycles. The lowest BCUT2D eigenvalue weighted by Gasteiger charge is -2.40. The number of benzene rings is 1. The van der Waals surface area contributed by atoms with Crippen molar-refractivity contribution in [2.45, 2.75) is 57.4 Å². The Kier molecular flexibility index (Phi) is 5.57. The van der Waals surface area contributed by atoms with Gasteiger partial charge in [-0.1, -0.05) is 39.0 Å². The Morgan fingerprint density at radius 3 is 2.50 bits per heavy atom. The van der Waals surface area contributed by atoms with E-state index in [1.54, 1.807) is 0 Å². The van der Waals surface area contributed by atoms with Crippen molar-refractivity contribution >= 4 is 11.8 Å². The first-order valence-corrected chi connectivity index (χ1v) is 8.89. The van der Waals surface area contributed by atoms with Gasteiger partial charge in [-0.3, -0.25) is 0 Å². The van der Waals surface area contributed by atoms with Crippen molar-refractivity contribution in [3.8, 4) is 0 Å². The molecular formula is C18H29NS. The first-order valence-electron chi connectivity index (χ1n) is 7.90. The summed E-state index contributed by atoms with van der Waals surface area (Å²) in [5.74, 6) is 2.75. The fraction of sp³-hybridized carbons (Fsp3) is 0.667. The Hall–Kier alpha value is -0.470. The second-order valence-corrected chi connectivity index (χ2v) is 8.42. The molecule has 1 aromatic rings. The maximum atomic E-state index is 6.35. The molecule has 2 heteroatoms. The monoisotopic (exact) mass is 291 g/mol. The summed E-state index contributed by atoms with van der Waals surface area (Å²) in [6.45, 7) is 7.14. The first kappa shape index (κ1) is 15.9. The van der Waals surface area contributed by atoms with Crippen LogP contribution in [0, 0.1) is 17.3 Å². The third-order valence-electron chi connectivity index (χ3n) is 4.77. The molecule has 0 heterocycles. The van der Waals surface area contributed by atoms with E-state index in [1.165, 1.54) is 36.3 Å². The van der Waals surface area contributed by atoms with Gasteiger partial charge in [0.2, 0.25) is 0 Å². The molecule has 3 unspecified atom stereocenters. The zero-order chi connectivity index (χ0) is 14.6. The molecule has 3 atom stereocenters. The van der Waals surface area contributed by atoms with E-state index >= 15 is 0 Å². The normalized spacial score (nSPS) is 27.5. The zero-order valence-electron chi connectivity index (χ0n) is 13.1. The summed E-state index contributed by atoms with van der Waals surface area (Å²) in [6, 6.07) is 11.1. The topological polar surface area (TPSA) is 26.0 Å². The lowest BCUT2D eigenvalue weighted by molar-refractivity contribution is 0.125. The molecule has 1 nitrogen and oxygen atoms in total. The molecule has 0 aromatic heterocycles. The minimum atomic E-state index is 0.421. The summed E-state index contributed by atoms with van der Waals surface area (Å²) in [5, 5.41) is 0. The van der Waals surface area contributed by atoms with E-state index in [4.69, 9.17) is 5.73 Å². The van der Waals surface area contributed by atoms with Gasteiger partial charge in [-0.15, -0.1) is 11.8 Å². The number of hydrogen-bond acceptors (Lipinski definition) is 2. The highest BCUT2D eigenvalue weighted by Crippen LogP contribution is 2.41. The van der Waals surface area contributed by atoms with Gasteiger partial charge in [0.15, 0.2) is 0 Å². The first-order chi connectivity index (χ1) is 9.47. The molecule has 0 bridgehead atoms. The van der Waals surface area contributed by atoms with Crippen LogP contribution in [-0.4, -0.2) is 11.8 Å². The lowest BCUT2D eigenvalue weighted by atomic mass is 9.67. The highest BCUT2D eigenvalue weighted by atomic mass is 32.2. The summed E-state index contributed by atoms with van der Waals surface area (Å²) in [6.07, 6.45) is 5.10. The molecule has 1 aromatic carbocycles. The maximum absolute atomic E-state index is 6.35. The van der Waals surface area contributed by atoms with Crippen LogP contribution in [-0.2, 0) is 0 Å². The highest BCUT2D eigenvalue weighted by molar-refractivity contribution is 7.99. The van der Waals surface area contributed by atoms with Gasteiger partial charge in [0.1, 0.15) is 0 Å². The zero-order valence-corrected chi connectivity index (χ0v) is 14.0.